The van der Waals surface area contributed by atoms with Crippen molar-refractivity contribution in [1.82, 2.24) is 10.2 Å². The van der Waals surface area contributed by atoms with Crippen molar-refractivity contribution in [3.8, 4) is 0 Å². The highest BCUT2D eigenvalue weighted by Gasteiger charge is 2.32. The Morgan fingerprint density at radius 1 is 0.947 bits per heavy atom. The Morgan fingerprint density at radius 3 is 2.18 bits per heavy atom. The molecule has 1 N–H and O–H groups in total. The molecule has 0 unspecified atom stereocenters. The van der Waals surface area contributed by atoms with E-state index in [2.05, 4.69) is 5.32 Å². The number of carbonyl (C=O) groups excluding carboxylic acids is 2. The zero-order valence-corrected chi connectivity index (χ0v) is 22.7. The summed E-state index contributed by atoms with van der Waals surface area (Å²) in [5.41, 5.74) is 1.81. The van der Waals surface area contributed by atoms with E-state index in [1.807, 2.05) is 44.2 Å². The summed E-state index contributed by atoms with van der Waals surface area (Å²) in [7, 11) is -4.19. The first kappa shape index (κ1) is 28.8. The van der Waals surface area contributed by atoms with Crippen LogP contribution < -0.4 is 9.62 Å². The maximum atomic E-state index is 13.8. The van der Waals surface area contributed by atoms with Gasteiger partial charge in [-0.25, -0.2) is 12.8 Å². The molecule has 0 saturated heterocycles. The van der Waals surface area contributed by atoms with E-state index in [0.29, 0.717) is 6.54 Å². The van der Waals surface area contributed by atoms with Crippen LogP contribution in [-0.4, -0.2) is 44.3 Å². The lowest BCUT2D eigenvalue weighted by atomic mass is 10.1. The van der Waals surface area contributed by atoms with Crippen LogP contribution in [0.1, 0.15) is 37.8 Å². The number of sulfonamides is 1. The molecule has 0 fully saturated rings. The van der Waals surface area contributed by atoms with Crippen LogP contribution in [0.2, 0.25) is 0 Å². The average Bonchev–Trinajstić information content (AvgIpc) is 2.91. The first-order valence-corrected chi connectivity index (χ1v) is 14.0. The number of aryl methyl sites for hydroxylation is 1. The van der Waals surface area contributed by atoms with Crippen molar-refractivity contribution in [3.05, 3.63) is 95.8 Å². The van der Waals surface area contributed by atoms with Crippen LogP contribution in [0.4, 0.5) is 10.1 Å². The normalized spacial score (nSPS) is 12.0. The standard InChI is InChI=1S/C29H34FN3O4S/c1-4-5-19-31-29(35)23(3)32(20-24-9-7-6-8-10-24)28(34)21-33(26-15-13-25(30)14-16-26)38(36,37)27-17-11-22(2)12-18-27/h6-18,23H,4-5,19-21H2,1-3H3,(H,31,35)/t23-/m1/s1. The monoisotopic (exact) mass is 539 g/mol. The lowest BCUT2D eigenvalue weighted by Crippen LogP contribution is -2.51. The number of benzene rings is 3. The van der Waals surface area contributed by atoms with Crippen LogP contribution in [0.5, 0.6) is 0 Å². The van der Waals surface area contributed by atoms with Gasteiger partial charge < -0.3 is 10.2 Å². The third-order valence-electron chi connectivity index (χ3n) is 6.20. The molecule has 3 rings (SSSR count). The quantitative estimate of drug-likeness (QED) is 0.339. The minimum Gasteiger partial charge on any atom is -0.354 e. The Bertz CT molecular complexity index is 1310. The number of carbonyl (C=O) groups is 2. The van der Waals surface area contributed by atoms with Crippen molar-refractivity contribution in [1.29, 1.82) is 0 Å². The molecule has 0 radical (unpaired) electrons. The maximum absolute atomic E-state index is 13.8. The Labute approximate surface area is 224 Å². The van der Waals surface area contributed by atoms with Gasteiger partial charge in [-0.2, -0.15) is 0 Å². The SMILES string of the molecule is CCCCNC(=O)[C@@H](C)N(Cc1ccccc1)C(=O)CN(c1ccc(F)cc1)S(=O)(=O)c1ccc(C)cc1. The van der Waals surface area contributed by atoms with Crippen LogP contribution in [0, 0.1) is 12.7 Å². The van der Waals surface area contributed by atoms with E-state index in [1.165, 1.54) is 29.2 Å². The first-order valence-electron chi connectivity index (χ1n) is 12.6. The second-order valence-corrected chi connectivity index (χ2v) is 11.0. The molecule has 0 aliphatic carbocycles. The lowest BCUT2D eigenvalue weighted by Gasteiger charge is -2.32. The molecule has 0 bridgehead atoms. The summed E-state index contributed by atoms with van der Waals surface area (Å²) in [6.07, 6.45) is 1.71. The fourth-order valence-electron chi connectivity index (χ4n) is 3.87. The molecular formula is C29H34FN3O4S. The van der Waals surface area contributed by atoms with Gasteiger partial charge in [0.15, 0.2) is 0 Å². The lowest BCUT2D eigenvalue weighted by molar-refractivity contribution is -0.139. The molecule has 7 nitrogen and oxygen atoms in total. The minimum atomic E-state index is -4.19. The third kappa shape index (κ3) is 7.41. The van der Waals surface area contributed by atoms with Gasteiger partial charge in [-0.15, -0.1) is 0 Å². The predicted molar refractivity (Wildman–Crippen MR) is 146 cm³/mol. The van der Waals surface area contributed by atoms with E-state index in [4.69, 9.17) is 0 Å². The fourth-order valence-corrected chi connectivity index (χ4v) is 5.29. The number of hydrogen-bond acceptors (Lipinski definition) is 4. The molecule has 0 saturated carbocycles. The predicted octanol–water partition coefficient (Wildman–Crippen LogP) is 4.66. The Morgan fingerprint density at radius 2 is 1.58 bits per heavy atom. The number of nitrogens with zero attached hydrogens (tertiary/aromatic N) is 2. The molecule has 1 atom stereocenters. The summed E-state index contributed by atoms with van der Waals surface area (Å²) in [4.78, 5) is 28.1. The van der Waals surface area contributed by atoms with Crippen molar-refractivity contribution in [3.63, 3.8) is 0 Å². The number of amides is 2. The van der Waals surface area contributed by atoms with E-state index in [-0.39, 0.29) is 23.0 Å². The van der Waals surface area contributed by atoms with Crippen LogP contribution in [0.15, 0.2) is 83.8 Å². The number of hydrogen-bond donors (Lipinski definition) is 1. The topological polar surface area (TPSA) is 86.8 Å². The highest BCUT2D eigenvalue weighted by Crippen LogP contribution is 2.25. The van der Waals surface area contributed by atoms with Crippen LogP contribution in [-0.2, 0) is 26.2 Å². The Balaban J connectivity index is 1.97. The number of nitrogens with one attached hydrogen (secondary N) is 1. The maximum Gasteiger partial charge on any atom is 0.264 e. The molecule has 9 heteroatoms. The Kier molecular flexibility index (Phi) is 10.0. The van der Waals surface area contributed by atoms with Crippen molar-refractivity contribution < 1.29 is 22.4 Å². The van der Waals surface area contributed by atoms with Gasteiger partial charge in [-0.05, 0) is 62.2 Å². The van der Waals surface area contributed by atoms with E-state index >= 15 is 0 Å². The fraction of sp³-hybridized carbons (Fsp3) is 0.310. The second-order valence-electron chi connectivity index (χ2n) is 9.13. The zero-order valence-electron chi connectivity index (χ0n) is 21.9. The summed E-state index contributed by atoms with van der Waals surface area (Å²) in [5.74, 6) is -1.42. The third-order valence-corrected chi connectivity index (χ3v) is 7.98. The van der Waals surface area contributed by atoms with Crippen LogP contribution >= 0.6 is 0 Å². The van der Waals surface area contributed by atoms with Gasteiger partial charge >= 0.3 is 0 Å². The van der Waals surface area contributed by atoms with Crippen molar-refractivity contribution in [2.45, 2.75) is 51.1 Å². The number of unbranched alkanes of at least 4 members (excludes halogenated alkanes) is 1. The Hall–Kier alpha value is -3.72. The smallest absolute Gasteiger partial charge is 0.264 e. The van der Waals surface area contributed by atoms with E-state index < -0.39 is 34.3 Å². The van der Waals surface area contributed by atoms with Gasteiger partial charge in [0.05, 0.1) is 10.6 Å². The molecule has 0 aliphatic rings. The second kappa shape index (κ2) is 13.2. The molecule has 0 heterocycles. The first-order chi connectivity index (χ1) is 18.1. The van der Waals surface area contributed by atoms with Gasteiger partial charge in [0.25, 0.3) is 10.0 Å². The number of rotatable bonds is 12. The van der Waals surface area contributed by atoms with E-state index in [1.54, 1.807) is 19.1 Å². The summed E-state index contributed by atoms with van der Waals surface area (Å²) in [6, 6.07) is 19.5. The molecule has 0 aliphatic heterocycles. The largest absolute Gasteiger partial charge is 0.354 e. The molecule has 0 spiro atoms. The summed E-state index contributed by atoms with van der Waals surface area (Å²) < 4.78 is 42.1. The molecule has 202 valence electrons. The van der Waals surface area contributed by atoms with Gasteiger partial charge in [-0.1, -0.05) is 61.4 Å². The van der Waals surface area contributed by atoms with Crippen LogP contribution in [0.25, 0.3) is 0 Å². The van der Waals surface area contributed by atoms with Crippen LogP contribution in [0.3, 0.4) is 0 Å². The number of halogens is 1. The van der Waals surface area contributed by atoms with Gasteiger partial charge in [-0.3, -0.25) is 13.9 Å². The van der Waals surface area contributed by atoms with Crippen molar-refractivity contribution in [2.75, 3.05) is 17.4 Å². The molecule has 2 amide bonds. The summed E-state index contributed by atoms with van der Waals surface area (Å²) in [5, 5.41) is 2.85. The van der Waals surface area contributed by atoms with E-state index in [0.717, 1.165) is 40.4 Å². The van der Waals surface area contributed by atoms with Gasteiger partial charge in [0.2, 0.25) is 11.8 Å². The molecule has 3 aromatic rings. The van der Waals surface area contributed by atoms with Gasteiger partial charge in [0, 0.05) is 13.1 Å². The average molecular weight is 540 g/mol. The molecule has 38 heavy (non-hydrogen) atoms. The minimum absolute atomic E-state index is 0.000177. The van der Waals surface area contributed by atoms with Crippen molar-refractivity contribution >= 4 is 27.5 Å². The summed E-state index contributed by atoms with van der Waals surface area (Å²) >= 11 is 0. The highest BCUT2D eigenvalue weighted by atomic mass is 32.2. The molecular weight excluding hydrogens is 505 g/mol. The summed E-state index contributed by atoms with van der Waals surface area (Å²) in [6.45, 7) is 5.51. The molecule has 3 aromatic carbocycles. The molecule has 0 aromatic heterocycles. The van der Waals surface area contributed by atoms with Gasteiger partial charge in [0.1, 0.15) is 18.4 Å². The van der Waals surface area contributed by atoms with Crippen molar-refractivity contribution in [2.24, 2.45) is 0 Å². The zero-order chi connectivity index (χ0) is 27.7. The highest BCUT2D eigenvalue weighted by molar-refractivity contribution is 7.92. The van der Waals surface area contributed by atoms with E-state index in [9.17, 15) is 22.4 Å². The number of anilines is 1.